The van der Waals surface area contributed by atoms with Gasteiger partial charge in [-0.3, -0.25) is 4.79 Å². The van der Waals surface area contributed by atoms with Crippen molar-refractivity contribution in [3.63, 3.8) is 0 Å². The smallest absolute Gasteiger partial charge is 0.225 e. The van der Waals surface area contributed by atoms with Gasteiger partial charge >= 0.3 is 0 Å². The number of anilines is 1. The molecular weight excluding hydrogens is 318 g/mol. The van der Waals surface area contributed by atoms with E-state index >= 15 is 0 Å². The lowest BCUT2D eigenvalue weighted by atomic mass is 10.1. The second-order valence-corrected chi connectivity index (χ2v) is 6.71. The lowest BCUT2D eigenvalue weighted by molar-refractivity contribution is -0.115. The van der Waals surface area contributed by atoms with Crippen molar-refractivity contribution in [2.24, 2.45) is 0 Å². The Morgan fingerprint density at radius 2 is 2.17 bits per heavy atom. The number of carbonyl (C=O) groups excluding carboxylic acids is 1. The van der Waals surface area contributed by atoms with Crippen molar-refractivity contribution in [2.75, 3.05) is 11.1 Å². The Morgan fingerprint density at radius 1 is 1.25 bits per heavy atom. The van der Waals surface area contributed by atoms with Gasteiger partial charge in [0.1, 0.15) is 5.65 Å². The number of nitrogens with one attached hydrogen (secondary N) is 1. The minimum atomic E-state index is 0.0609. The maximum absolute atomic E-state index is 12.0. The average Bonchev–Trinajstić information content (AvgIpc) is 3.01. The Kier molecular flexibility index (Phi) is 5.54. The number of hydrogen-bond acceptors (Lipinski definition) is 3. The van der Waals surface area contributed by atoms with Crippen LogP contribution in [0.25, 0.3) is 5.65 Å². The molecular formula is C19H21N3OS. The summed E-state index contributed by atoms with van der Waals surface area (Å²) in [6, 6.07) is 14.0. The number of pyridine rings is 1. The number of benzene rings is 1. The Balaban J connectivity index is 1.43. The molecule has 1 amide bonds. The van der Waals surface area contributed by atoms with Crippen molar-refractivity contribution >= 4 is 29.0 Å². The molecule has 0 spiro atoms. The van der Waals surface area contributed by atoms with Gasteiger partial charge in [0.2, 0.25) is 5.91 Å². The van der Waals surface area contributed by atoms with Crippen LogP contribution in [0.15, 0.2) is 54.9 Å². The van der Waals surface area contributed by atoms with Gasteiger partial charge in [0.25, 0.3) is 0 Å². The Bertz CT molecular complexity index is 795. The first-order valence-corrected chi connectivity index (χ1v) is 9.29. The molecule has 24 heavy (non-hydrogen) atoms. The Morgan fingerprint density at radius 3 is 3.00 bits per heavy atom. The summed E-state index contributed by atoms with van der Waals surface area (Å²) in [7, 11) is 0. The van der Waals surface area contributed by atoms with E-state index in [1.54, 1.807) is 11.8 Å². The Labute approximate surface area is 146 Å². The fraction of sp³-hybridized carbons (Fsp3) is 0.263. The molecule has 0 saturated carbocycles. The highest BCUT2D eigenvalue weighted by molar-refractivity contribution is 7.98. The van der Waals surface area contributed by atoms with Crippen LogP contribution in [0.5, 0.6) is 0 Å². The van der Waals surface area contributed by atoms with Crippen LogP contribution in [-0.2, 0) is 17.0 Å². The normalized spacial score (nSPS) is 10.9. The predicted octanol–water partition coefficient (Wildman–Crippen LogP) is 4.16. The molecule has 0 aliphatic heterocycles. The molecule has 5 heteroatoms. The number of rotatable bonds is 7. The van der Waals surface area contributed by atoms with Crippen LogP contribution >= 0.6 is 11.8 Å². The van der Waals surface area contributed by atoms with E-state index in [0.717, 1.165) is 35.0 Å². The van der Waals surface area contributed by atoms with E-state index in [1.807, 2.05) is 53.2 Å². The second-order valence-electron chi connectivity index (χ2n) is 5.60. The van der Waals surface area contributed by atoms with Crippen molar-refractivity contribution in [2.45, 2.75) is 25.5 Å². The minimum Gasteiger partial charge on any atom is -0.326 e. The molecule has 1 aromatic carbocycles. The molecule has 0 saturated heterocycles. The summed E-state index contributed by atoms with van der Waals surface area (Å²) >= 11 is 1.73. The van der Waals surface area contributed by atoms with Gasteiger partial charge in [0.15, 0.2) is 0 Å². The van der Waals surface area contributed by atoms with Gasteiger partial charge in [-0.1, -0.05) is 25.1 Å². The summed E-state index contributed by atoms with van der Waals surface area (Å²) in [6.45, 7) is 2.11. The van der Waals surface area contributed by atoms with E-state index in [0.29, 0.717) is 6.42 Å². The van der Waals surface area contributed by atoms with E-state index in [4.69, 9.17) is 0 Å². The molecule has 3 aromatic rings. The summed E-state index contributed by atoms with van der Waals surface area (Å²) < 4.78 is 2.02. The summed E-state index contributed by atoms with van der Waals surface area (Å²) in [5.74, 6) is 1.67. The standard InChI is InChI=1S/C19H21N3OS/c1-2-15-6-5-7-16(12-15)21-19(23)9-11-24-14-17-13-22-10-4-3-8-18(22)20-17/h3-8,10,12-13H,2,9,11,14H2,1H3,(H,21,23). The highest BCUT2D eigenvalue weighted by atomic mass is 32.2. The fourth-order valence-corrected chi connectivity index (χ4v) is 3.31. The van der Waals surface area contributed by atoms with Gasteiger partial charge in [0.05, 0.1) is 5.69 Å². The second kappa shape index (κ2) is 8.02. The van der Waals surface area contributed by atoms with E-state index in [-0.39, 0.29) is 5.91 Å². The van der Waals surface area contributed by atoms with Crippen molar-refractivity contribution < 1.29 is 4.79 Å². The molecule has 1 N–H and O–H groups in total. The monoisotopic (exact) mass is 339 g/mol. The molecule has 3 rings (SSSR count). The van der Waals surface area contributed by atoms with Crippen LogP contribution in [0.1, 0.15) is 24.6 Å². The summed E-state index contributed by atoms with van der Waals surface area (Å²) in [4.78, 5) is 16.6. The van der Waals surface area contributed by atoms with Crippen molar-refractivity contribution in [3.05, 3.63) is 66.1 Å². The maximum Gasteiger partial charge on any atom is 0.225 e. The van der Waals surface area contributed by atoms with Gasteiger partial charge in [0, 0.05) is 36.0 Å². The molecule has 2 aromatic heterocycles. The number of hydrogen-bond donors (Lipinski definition) is 1. The Hall–Kier alpha value is -2.27. The molecule has 0 atom stereocenters. The third kappa shape index (κ3) is 4.38. The molecule has 0 radical (unpaired) electrons. The number of fused-ring (bicyclic) bond motifs is 1. The minimum absolute atomic E-state index is 0.0609. The highest BCUT2D eigenvalue weighted by Gasteiger charge is 2.05. The zero-order valence-electron chi connectivity index (χ0n) is 13.7. The van der Waals surface area contributed by atoms with Crippen molar-refractivity contribution in [1.82, 2.24) is 9.38 Å². The van der Waals surface area contributed by atoms with Crippen LogP contribution in [0, 0.1) is 0 Å². The van der Waals surface area contributed by atoms with Crippen molar-refractivity contribution in [1.29, 1.82) is 0 Å². The van der Waals surface area contributed by atoms with Gasteiger partial charge in [-0.2, -0.15) is 11.8 Å². The molecule has 2 heterocycles. The SMILES string of the molecule is CCc1cccc(NC(=O)CCSCc2cn3ccccc3n2)c1. The third-order valence-electron chi connectivity index (χ3n) is 3.76. The number of aryl methyl sites for hydroxylation is 1. The number of imidazole rings is 1. The van der Waals surface area contributed by atoms with Gasteiger partial charge in [-0.05, 0) is 36.2 Å². The third-order valence-corrected chi connectivity index (χ3v) is 4.75. The molecule has 0 fully saturated rings. The van der Waals surface area contributed by atoms with Crippen LogP contribution in [-0.4, -0.2) is 21.0 Å². The number of amides is 1. The lowest BCUT2D eigenvalue weighted by Gasteiger charge is -2.06. The van der Waals surface area contributed by atoms with E-state index < -0.39 is 0 Å². The number of aromatic nitrogens is 2. The molecule has 0 bridgehead atoms. The fourth-order valence-electron chi connectivity index (χ4n) is 2.49. The quantitative estimate of drug-likeness (QED) is 0.658. The molecule has 124 valence electrons. The van der Waals surface area contributed by atoms with Crippen molar-refractivity contribution in [3.8, 4) is 0 Å². The van der Waals surface area contributed by atoms with E-state index in [9.17, 15) is 4.79 Å². The lowest BCUT2D eigenvalue weighted by Crippen LogP contribution is -2.12. The topological polar surface area (TPSA) is 46.4 Å². The summed E-state index contributed by atoms with van der Waals surface area (Å²) in [5.41, 5.74) is 4.11. The molecule has 4 nitrogen and oxygen atoms in total. The zero-order chi connectivity index (χ0) is 16.8. The summed E-state index contributed by atoms with van der Waals surface area (Å²) in [6.07, 6.45) is 5.51. The first-order valence-electron chi connectivity index (χ1n) is 8.14. The van der Waals surface area contributed by atoms with Crippen LogP contribution in [0.3, 0.4) is 0 Å². The molecule has 0 unspecified atom stereocenters. The van der Waals surface area contributed by atoms with Crippen LogP contribution in [0.4, 0.5) is 5.69 Å². The van der Waals surface area contributed by atoms with Gasteiger partial charge < -0.3 is 9.72 Å². The number of nitrogens with zero attached hydrogens (tertiary/aromatic N) is 2. The molecule has 0 aliphatic carbocycles. The van der Waals surface area contributed by atoms with Gasteiger partial charge in [-0.25, -0.2) is 4.98 Å². The first-order chi connectivity index (χ1) is 11.7. The largest absolute Gasteiger partial charge is 0.326 e. The predicted molar refractivity (Wildman–Crippen MR) is 100 cm³/mol. The first kappa shape index (κ1) is 16.6. The molecule has 0 aliphatic rings. The van der Waals surface area contributed by atoms with E-state index in [2.05, 4.69) is 23.3 Å². The average molecular weight is 339 g/mol. The zero-order valence-corrected chi connectivity index (χ0v) is 14.6. The van der Waals surface area contributed by atoms with Crippen LogP contribution < -0.4 is 5.32 Å². The number of thioether (sulfide) groups is 1. The van der Waals surface area contributed by atoms with Crippen LogP contribution in [0.2, 0.25) is 0 Å². The van der Waals surface area contributed by atoms with Gasteiger partial charge in [-0.15, -0.1) is 0 Å². The summed E-state index contributed by atoms with van der Waals surface area (Å²) in [5, 5.41) is 2.96. The highest BCUT2D eigenvalue weighted by Crippen LogP contribution is 2.15. The number of carbonyl (C=O) groups is 1. The van der Waals surface area contributed by atoms with E-state index in [1.165, 1.54) is 5.56 Å². The maximum atomic E-state index is 12.0.